The molecule has 70 valence electrons. The van der Waals surface area contributed by atoms with Crippen LogP contribution in [-0.4, -0.2) is 18.4 Å². The molecule has 0 aromatic heterocycles. The minimum atomic E-state index is -0.443. The molecule has 0 saturated heterocycles. The first-order valence-electron chi connectivity index (χ1n) is 4.27. The number of hydrogen-bond donors (Lipinski definition) is 0. The Bertz CT molecular complexity index is 251. The molecule has 0 aromatic rings. The Hall–Kier alpha value is -1.38. The number of Topliss-reactive ketones (excluding diaryl/α,β-unsaturated/α-hetero) is 1. The van der Waals surface area contributed by atoms with Gasteiger partial charge in [0.2, 0.25) is 0 Å². The third-order valence-electron chi connectivity index (χ3n) is 1.74. The first kappa shape index (κ1) is 9.71. The minimum Gasteiger partial charge on any atom is -0.466 e. The summed E-state index contributed by atoms with van der Waals surface area (Å²) in [4.78, 5) is 22.2. The Kier molecular flexibility index (Phi) is 3.43. The zero-order chi connectivity index (χ0) is 9.68. The molecule has 0 radical (unpaired) electrons. The molecule has 0 spiro atoms. The van der Waals surface area contributed by atoms with E-state index >= 15 is 0 Å². The smallest absolute Gasteiger partial charge is 0.313 e. The largest absolute Gasteiger partial charge is 0.466 e. The van der Waals surface area contributed by atoms with Crippen LogP contribution in [0.2, 0.25) is 0 Å². The molecule has 3 nitrogen and oxygen atoms in total. The van der Waals surface area contributed by atoms with Gasteiger partial charge in [-0.05, 0) is 6.92 Å². The van der Waals surface area contributed by atoms with Gasteiger partial charge in [0.05, 0.1) is 12.5 Å². The lowest BCUT2D eigenvalue weighted by Crippen LogP contribution is -2.16. The fourth-order valence-corrected chi connectivity index (χ4v) is 1.12. The second-order valence-electron chi connectivity index (χ2n) is 2.74. The highest BCUT2D eigenvalue weighted by molar-refractivity contribution is 5.98. The summed E-state index contributed by atoms with van der Waals surface area (Å²) in [5.74, 6) is -0.783. The number of hydrogen-bond acceptors (Lipinski definition) is 3. The summed E-state index contributed by atoms with van der Waals surface area (Å²) >= 11 is 0. The van der Waals surface area contributed by atoms with Crippen LogP contribution in [0.4, 0.5) is 0 Å². The zero-order valence-corrected chi connectivity index (χ0v) is 7.53. The van der Waals surface area contributed by atoms with Crippen molar-refractivity contribution in [2.45, 2.75) is 13.3 Å². The molecule has 0 atom stereocenters. The van der Waals surface area contributed by atoms with Crippen molar-refractivity contribution in [2.24, 2.45) is 5.92 Å². The summed E-state index contributed by atoms with van der Waals surface area (Å²) in [6, 6.07) is 0. The molecule has 13 heavy (non-hydrogen) atoms. The van der Waals surface area contributed by atoms with E-state index in [2.05, 4.69) is 4.74 Å². The molecule has 3 heteroatoms. The van der Waals surface area contributed by atoms with Crippen LogP contribution in [-0.2, 0) is 14.3 Å². The lowest BCUT2D eigenvalue weighted by molar-refractivity contribution is -0.145. The Morgan fingerprint density at radius 2 is 1.92 bits per heavy atom. The van der Waals surface area contributed by atoms with Gasteiger partial charge < -0.3 is 4.74 Å². The van der Waals surface area contributed by atoms with Gasteiger partial charge in [0.1, 0.15) is 6.42 Å². The Balaban J connectivity index is 2.36. The van der Waals surface area contributed by atoms with Crippen LogP contribution in [0.25, 0.3) is 0 Å². The molecule has 1 aliphatic carbocycles. The normalized spacial score (nSPS) is 14.8. The highest BCUT2D eigenvalue weighted by Crippen LogP contribution is 2.12. The van der Waals surface area contributed by atoms with E-state index in [1.807, 2.05) is 0 Å². The van der Waals surface area contributed by atoms with Crippen LogP contribution < -0.4 is 0 Å². The Morgan fingerprint density at radius 1 is 1.31 bits per heavy atom. The van der Waals surface area contributed by atoms with E-state index < -0.39 is 5.97 Å². The average Bonchev–Trinajstić information content (AvgIpc) is 2.55. The van der Waals surface area contributed by atoms with Crippen molar-refractivity contribution < 1.29 is 14.3 Å². The van der Waals surface area contributed by atoms with Crippen LogP contribution >= 0.6 is 0 Å². The monoisotopic (exact) mass is 180 g/mol. The fourth-order valence-electron chi connectivity index (χ4n) is 1.12. The van der Waals surface area contributed by atoms with Gasteiger partial charge in [-0.3, -0.25) is 9.59 Å². The van der Waals surface area contributed by atoms with E-state index in [9.17, 15) is 9.59 Å². The molecule has 0 aromatic carbocycles. The van der Waals surface area contributed by atoms with Crippen LogP contribution in [0.1, 0.15) is 13.3 Å². The maximum absolute atomic E-state index is 11.3. The summed E-state index contributed by atoms with van der Waals surface area (Å²) in [5.41, 5.74) is 0. The van der Waals surface area contributed by atoms with Gasteiger partial charge in [0.15, 0.2) is 5.78 Å². The van der Waals surface area contributed by atoms with E-state index in [1.165, 1.54) is 0 Å². The summed E-state index contributed by atoms with van der Waals surface area (Å²) in [5, 5.41) is 0. The molecule has 1 aliphatic rings. The van der Waals surface area contributed by atoms with Gasteiger partial charge in [0, 0.05) is 0 Å². The molecule has 0 unspecified atom stereocenters. The quantitative estimate of drug-likeness (QED) is 0.483. The van der Waals surface area contributed by atoms with E-state index in [0.29, 0.717) is 6.61 Å². The van der Waals surface area contributed by atoms with Gasteiger partial charge in [-0.15, -0.1) is 0 Å². The molecule has 0 heterocycles. The number of rotatable bonds is 4. The van der Waals surface area contributed by atoms with Crippen LogP contribution in [0.5, 0.6) is 0 Å². The summed E-state index contributed by atoms with van der Waals surface area (Å²) in [6.07, 6.45) is 7.00. The second kappa shape index (κ2) is 4.60. The summed E-state index contributed by atoms with van der Waals surface area (Å²) < 4.78 is 4.66. The first-order chi connectivity index (χ1) is 6.24. The zero-order valence-electron chi connectivity index (χ0n) is 7.53. The minimum absolute atomic E-state index is 0.108. The number of carbonyl (C=O) groups excluding carboxylic acids is 2. The van der Waals surface area contributed by atoms with Crippen LogP contribution in [0.15, 0.2) is 24.3 Å². The first-order valence-corrected chi connectivity index (χ1v) is 4.27. The number of ketones is 1. The average molecular weight is 180 g/mol. The van der Waals surface area contributed by atoms with Crippen LogP contribution in [0.3, 0.4) is 0 Å². The molecule has 0 fully saturated rings. The van der Waals surface area contributed by atoms with E-state index in [0.717, 1.165) is 0 Å². The Morgan fingerprint density at radius 3 is 2.46 bits per heavy atom. The van der Waals surface area contributed by atoms with Gasteiger partial charge >= 0.3 is 5.97 Å². The third-order valence-corrected chi connectivity index (χ3v) is 1.74. The summed E-state index contributed by atoms with van der Waals surface area (Å²) in [7, 11) is 0. The van der Waals surface area contributed by atoms with E-state index in [1.54, 1.807) is 31.2 Å². The molecular formula is C10H12O3. The standard InChI is InChI=1S/C10H12O3/c1-2-13-10(12)7-9(11)8-5-3-4-6-8/h3-6,8H,2,7H2,1H3. The number of carbonyl (C=O) groups is 2. The topological polar surface area (TPSA) is 43.4 Å². The van der Waals surface area contributed by atoms with Gasteiger partial charge in [-0.2, -0.15) is 0 Å². The molecule has 0 aliphatic heterocycles. The number of esters is 1. The van der Waals surface area contributed by atoms with Crippen molar-refractivity contribution in [2.75, 3.05) is 6.61 Å². The molecule has 0 amide bonds. The van der Waals surface area contributed by atoms with Crippen molar-refractivity contribution >= 4 is 11.8 Å². The molecule has 0 N–H and O–H groups in total. The van der Waals surface area contributed by atoms with Crippen molar-refractivity contribution in [1.29, 1.82) is 0 Å². The summed E-state index contributed by atoms with van der Waals surface area (Å²) in [6.45, 7) is 2.04. The van der Waals surface area contributed by atoms with Crippen molar-refractivity contribution in [1.82, 2.24) is 0 Å². The van der Waals surface area contributed by atoms with Gasteiger partial charge in [-0.1, -0.05) is 24.3 Å². The van der Waals surface area contributed by atoms with Crippen molar-refractivity contribution in [3.8, 4) is 0 Å². The van der Waals surface area contributed by atoms with E-state index in [-0.39, 0.29) is 18.1 Å². The fraction of sp³-hybridized carbons (Fsp3) is 0.400. The molecule has 0 saturated carbocycles. The lowest BCUT2D eigenvalue weighted by atomic mass is 10.0. The highest BCUT2D eigenvalue weighted by Gasteiger charge is 2.18. The predicted octanol–water partition coefficient (Wildman–Crippen LogP) is 1.25. The van der Waals surface area contributed by atoms with Crippen molar-refractivity contribution in [3.63, 3.8) is 0 Å². The second-order valence-corrected chi connectivity index (χ2v) is 2.74. The molecule has 1 rings (SSSR count). The Labute approximate surface area is 77.1 Å². The lowest BCUT2D eigenvalue weighted by Gasteiger charge is -2.03. The number of allylic oxidation sites excluding steroid dienone is 4. The van der Waals surface area contributed by atoms with Crippen LogP contribution in [0, 0.1) is 5.92 Å². The maximum atomic E-state index is 11.3. The molecule has 0 bridgehead atoms. The maximum Gasteiger partial charge on any atom is 0.313 e. The van der Waals surface area contributed by atoms with E-state index in [4.69, 9.17) is 0 Å². The SMILES string of the molecule is CCOC(=O)CC(=O)C1C=CC=C1. The molecular weight excluding hydrogens is 168 g/mol. The third kappa shape index (κ3) is 2.86. The van der Waals surface area contributed by atoms with Gasteiger partial charge in [-0.25, -0.2) is 0 Å². The van der Waals surface area contributed by atoms with Gasteiger partial charge in [0.25, 0.3) is 0 Å². The highest BCUT2D eigenvalue weighted by atomic mass is 16.5. The number of ether oxygens (including phenoxy) is 1. The predicted molar refractivity (Wildman–Crippen MR) is 48.0 cm³/mol. The van der Waals surface area contributed by atoms with Crippen molar-refractivity contribution in [3.05, 3.63) is 24.3 Å².